The van der Waals surface area contributed by atoms with Crippen LogP contribution in [0.2, 0.25) is 0 Å². The van der Waals surface area contributed by atoms with E-state index in [2.05, 4.69) is 31.2 Å². The van der Waals surface area contributed by atoms with Crippen LogP contribution in [-0.2, 0) is 4.79 Å². The summed E-state index contributed by atoms with van der Waals surface area (Å²) in [7, 11) is 0. The number of benzene rings is 1. The van der Waals surface area contributed by atoms with Gasteiger partial charge in [-0.05, 0) is 31.2 Å². The molecule has 0 aromatic heterocycles. The van der Waals surface area contributed by atoms with Gasteiger partial charge >= 0.3 is 0 Å². The Hall–Kier alpha value is -1.00. The maximum Gasteiger partial charge on any atom is 0.234 e. The molecule has 0 aliphatic heterocycles. The van der Waals surface area contributed by atoms with Crippen molar-refractivity contribution >= 4 is 17.7 Å². The van der Waals surface area contributed by atoms with Crippen molar-refractivity contribution in [2.75, 3.05) is 5.75 Å². The minimum Gasteiger partial charge on any atom is -0.368 e. The molecule has 0 spiro atoms. The lowest BCUT2D eigenvalue weighted by Crippen LogP contribution is -2.36. The largest absolute Gasteiger partial charge is 0.368 e. The van der Waals surface area contributed by atoms with Crippen molar-refractivity contribution in [3.8, 4) is 0 Å². The van der Waals surface area contributed by atoms with Gasteiger partial charge in [-0.3, -0.25) is 4.79 Å². The van der Waals surface area contributed by atoms with Crippen LogP contribution in [0.5, 0.6) is 0 Å². The van der Waals surface area contributed by atoms with Crippen LogP contribution in [0.15, 0.2) is 29.2 Å². The summed E-state index contributed by atoms with van der Waals surface area (Å²) >= 11 is 1.69. The quantitative estimate of drug-likeness (QED) is 0.740. The Morgan fingerprint density at radius 2 is 2.00 bits per heavy atom. The number of hydrogen-bond acceptors (Lipinski definition) is 3. The van der Waals surface area contributed by atoms with Crippen LogP contribution in [0.1, 0.15) is 12.0 Å². The zero-order valence-electron chi connectivity index (χ0n) is 8.77. The number of thioether (sulfide) groups is 1. The molecule has 1 atom stereocenters. The van der Waals surface area contributed by atoms with E-state index in [4.69, 9.17) is 11.5 Å². The van der Waals surface area contributed by atoms with Gasteiger partial charge in [0, 0.05) is 4.90 Å². The van der Waals surface area contributed by atoms with Crippen molar-refractivity contribution in [2.24, 2.45) is 11.5 Å². The first kappa shape index (κ1) is 12.1. The Morgan fingerprint density at radius 1 is 1.40 bits per heavy atom. The van der Waals surface area contributed by atoms with E-state index in [1.54, 1.807) is 11.8 Å². The van der Waals surface area contributed by atoms with Gasteiger partial charge in [0.2, 0.25) is 5.91 Å². The van der Waals surface area contributed by atoms with E-state index in [0.717, 1.165) is 5.75 Å². The van der Waals surface area contributed by atoms with Crippen LogP contribution in [-0.4, -0.2) is 17.7 Å². The van der Waals surface area contributed by atoms with Gasteiger partial charge < -0.3 is 11.5 Å². The number of rotatable bonds is 5. The van der Waals surface area contributed by atoms with Crippen molar-refractivity contribution in [1.29, 1.82) is 0 Å². The number of primary amides is 1. The minimum atomic E-state index is -0.525. The predicted molar refractivity (Wildman–Crippen MR) is 63.7 cm³/mol. The Bertz CT molecular complexity index is 324. The molecule has 1 aromatic carbocycles. The molecule has 1 unspecified atom stereocenters. The summed E-state index contributed by atoms with van der Waals surface area (Å²) in [5.41, 5.74) is 11.8. The van der Waals surface area contributed by atoms with Crippen LogP contribution in [0, 0.1) is 6.92 Å². The monoisotopic (exact) mass is 224 g/mol. The molecule has 4 heteroatoms. The topological polar surface area (TPSA) is 69.1 Å². The molecule has 1 amide bonds. The van der Waals surface area contributed by atoms with Gasteiger partial charge in [-0.2, -0.15) is 0 Å². The van der Waals surface area contributed by atoms with Crippen molar-refractivity contribution in [3.05, 3.63) is 29.8 Å². The molecule has 82 valence electrons. The molecule has 0 aliphatic carbocycles. The zero-order valence-corrected chi connectivity index (χ0v) is 9.59. The molecular formula is C11H16N2OS. The highest BCUT2D eigenvalue weighted by Gasteiger charge is 2.08. The molecule has 0 saturated carbocycles. The lowest BCUT2D eigenvalue weighted by atomic mass is 10.2. The zero-order chi connectivity index (χ0) is 11.3. The van der Waals surface area contributed by atoms with Gasteiger partial charge in [-0.25, -0.2) is 0 Å². The smallest absolute Gasteiger partial charge is 0.234 e. The van der Waals surface area contributed by atoms with Gasteiger partial charge in [0.05, 0.1) is 6.04 Å². The SMILES string of the molecule is Cc1ccc(SCCC(N)C(N)=O)cc1. The summed E-state index contributed by atoms with van der Waals surface area (Å²) in [6.07, 6.45) is 0.619. The maximum atomic E-state index is 10.7. The van der Waals surface area contributed by atoms with Crippen molar-refractivity contribution in [2.45, 2.75) is 24.3 Å². The molecule has 3 nitrogen and oxygen atoms in total. The molecule has 0 saturated heterocycles. The lowest BCUT2D eigenvalue weighted by Gasteiger charge is -2.06. The first-order valence-corrected chi connectivity index (χ1v) is 5.82. The summed E-state index contributed by atoms with van der Waals surface area (Å²) in [6, 6.07) is 7.74. The van der Waals surface area contributed by atoms with E-state index in [0.29, 0.717) is 6.42 Å². The van der Waals surface area contributed by atoms with Gasteiger partial charge in [0.1, 0.15) is 0 Å². The standard InChI is InChI=1S/C11H16N2OS/c1-8-2-4-9(5-3-8)15-7-6-10(12)11(13)14/h2-5,10H,6-7,12H2,1H3,(H2,13,14). The molecule has 1 aromatic rings. The number of nitrogens with two attached hydrogens (primary N) is 2. The Balaban J connectivity index is 2.32. The second kappa shape index (κ2) is 5.78. The van der Waals surface area contributed by atoms with Crippen LogP contribution < -0.4 is 11.5 Å². The number of carbonyl (C=O) groups excluding carboxylic acids is 1. The average Bonchev–Trinajstić information content (AvgIpc) is 2.20. The van der Waals surface area contributed by atoms with E-state index in [9.17, 15) is 4.79 Å². The predicted octanol–water partition coefficient (Wildman–Crippen LogP) is 1.29. The summed E-state index contributed by atoms with van der Waals surface area (Å²) in [5.74, 6) is 0.382. The van der Waals surface area contributed by atoms with Crippen molar-refractivity contribution < 1.29 is 4.79 Å². The number of hydrogen-bond donors (Lipinski definition) is 2. The first-order valence-electron chi connectivity index (χ1n) is 4.84. The summed E-state index contributed by atoms with van der Waals surface area (Å²) < 4.78 is 0. The molecular weight excluding hydrogens is 208 g/mol. The van der Waals surface area contributed by atoms with Crippen LogP contribution in [0.25, 0.3) is 0 Å². The Labute approximate surface area is 94.2 Å². The van der Waals surface area contributed by atoms with E-state index in [1.165, 1.54) is 10.5 Å². The molecule has 15 heavy (non-hydrogen) atoms. The van der Waals surface area contributed by atoms with Crippen molar-refractivity contribution in [1.82, 2.24) is 0 Å². The number of carbonyl (C=O) groups is 1. The second-order valence-corrected chi connectivity index (χ2v) is 4.63. The van der Waals surface area contributed by atoms with Gasteiger partial charge in [0.15, 0.2) is 0 Å². The maximum absolute atomic E-state index is 10.7. The first-order chi connectivity index (χ1) is 7.09. The number of aryl methyl sites for hydroxylation is 1. The highest BCUT2D eigenvalue weighted by molar-refractivity contribution is 7.99. The lowest BCUT2D eigenvalue weighted by molar-refractivity contribution is -0.119. The molecule has 0 heterocycles. The summed E-state index contributed by atoms with van der Waals surface area (Å²) in [4.78, 5) is 11.9. The number of amides is 1. The third kappa shape index (κ3) is 4.36. The summed E-state index contributed by atoms with van der Waals surface area (Å²) in [6.45, 7) is 2.05. The minimum absolute atomic E-state index is 0.431. The van der Waals surface area contributed by atoms with Crippen molar-refractivity contribution in [3.63, 3.8) is 0 Å². The van der Waals surface area contributed by atoms with E-state index >= 15 is 0 Å². The Kier molecular flexibility index (Phi) is 4.65. The fraction of sp³-hybridized carbons (Fsp3) is 0.364. The van der Waals surface area contributed by atoms with E-state index in [1.807, 2.05) is 0 Å². The van der Waals surface area contributed by atoms with E-state index in [-0.39, 0.29) is 0 Å². The average molecular weight is 224 g/mol. The molecule has 0 bridgehead atoms. The molecule has 0 radical (unpaired) electrons. The van der Waals surface area contributed by atoms with Crippen LogP contribution >= 0.6 is 11.8 Å². The third-order valence-electron chi connectivity index (χ3n) is 2.08. The second-order valence-electron chi connectivity index (χ2n) is 3.46. The van der Waals surface area contributed by atoms with Gasteiger partial charge in [-0.1, -0.05) is 17.7 Å². The molecule has 0 aliphatic rings. The van der Waals surface area contributed by atoms with Crippen LogP contribution in [0.3, 0.4) is 0 Å². The molecule has 4 N–H and O–H groups in total. The fourth-order valence-corrected chi connectivity index (χ4v) is 2.02. The van der Waals surface area contributed by atoms with Gasteiger partial charge in [-0.15, -0.1) is 11.8 Å². The third-order valence-corrected chi connectivity index (χ3v) is 3.13. The van der Waals surface area contributed by atoms with E-state index < -0.39 is 11.9 Å². The Morgan fingerprint density at radius 3 is 2.53 bits per heavy atom. The highest BCUT2D eigenvalue weighted by atomic mass is 32.2. The van der Waals surface area contributed by atoms with Gasteiger partial charge in [0.25, 0.3) is 0 Å². The fourth-order valence-electron chi connectivity index (χ4n) is 1.08. The molecule has 0 fully saturated rings. The normalized spacial score (nSPS) is 12.4. The summed E-state index contributed by atoms with van der Waals surface area (Å²) in [5, 5.41) is 0. The highest BCUT2D eigenvalue weighted by Crippen LogP contribution is 2.19. The molecule has 1 rings (SSSR count). The van der Waals surface area contributed by atoms with Crippen LogP contribution in [0.4, 0.5) is 0 Å².